The van der Waals surface area contributed by atoms with Crippen molar-refractivity contribution < 1.29 is 23.8 Å². The van der Waals surface area contributed by atoms with Crippen LogP contribution in [0.5, 0.6) is 0 Å². The van der Waals surface area contributed by atoms with Gasteiger partial charge in [-0.25, -0.2) is 15.0 Å². The van der Waals surface area contributed by atoms with E-state index in [1.165, 1.54) is 10.9 Å². The summed E-state index contributed by atoms with van der Waals surface area (Å²) < 4.78 is 18.0. The summed E-state index contributed by atoms with van der Waals surface area (Å²) in [5.41, 5.74) is 17.8. The van der Waals surface area contributed by atoms with Crippen molar-refractivity contribution >= 4 is 34.9 Å². The quantitative estimate of drug-likeness (QED) is 0.0910. The number of aromatic nitrogens is 4. The second-order valence-electron chi connectivity index (χ2n) is 7.81. The maximum absolute atomic E-state index is 12.0. The molecule has 2 aromatic rings. The molecule has 2 aromatic heterocycles. The van der Waals surface area contributed by atoms with Crippen LogP contribution in [0.1, 0.15) is 65.2 Å². The number of ether oxygens (including phenoxy) is 3. The van der Waals surface area contributed by atoms with Crippen LogP contribution in [0.4, 0.5) is 11.8 Å². The fraction of sp³-hybridized carbons (Fsp3) is 0.667. The van der Waals surface area contributed by atoms with Crippen molar-refractivity contribution in [1.82, 2.24) is 19.5 Å². The maximum atomic E-state index is 12.0. The van der Waals surface area contributed by atoms with E-state index in [1.54, 1.807) is 0 Å². The molecule has 0 saturated carbocycles. The number of carbonyl (C=O) groups excluding carboxylic acids is 2. The zero-order valence-electron chi connectivity index (χ0n) is 20.4. The molecule has 0 spiro atoms. The van der Waals surface area contributed by atoms with Gasteiger partial charge in [0.05, 0.1) is 6.33 Å². The van der Waals surface area contributed by atoms with Crippen molar-refractivity contribution in [2.45, 2.75) is 78.0 Å². The molecule has 0 radical (unpaired) electrons. The summed E-state index contributed by atoms with van der Waals surface area (Å²) in [6.07, 6.45) is 6.50. The molecule has 194 valence electrons. The zero-order chi connectivity index (χ0) is 26.2. The van der Waals surface area contributed by atoms with E-state index in [0.717, 1.165) is 38.5 Å². The molecule has 0 aliphatic heterocycles. The predicted molar refractivity (Wildman–Crippen MR) is 128 cm³/mol. The Hall–Kier alpha value is -3.93. The summed E-state index contributed by atoms with van der Waals surface area (Å²) in [5.74, 6) is -1.08. The maximum Gasteiger partial charge on any atom is 0.305 e. The molecule has 0 aliphatic rings. The summed E-state index contributed by atoms with van der Waals surface area (Å²) in [4.78, 5) is 41.5. The number of nitrogens with zero attached hydrogens (tertiary/aromatic N) is 10. The second-order valence-corrected chi connectivity index (χ2v) is 7.81. The van der Waals surface area contributed by atoms with E-state index in [-0.39, 0.29) is 54.8 Å². The molecule has 2 heterocycles. The van der Waals surface area contributed by atoms with Gasteiger partial charge in [-0.2, -0.15) is 0 Å². The van der Waals surface area contributed by atoms with Gasteiger partial charge in [0, 0.05) is 22.7 Å². The first-order chi connectivity index (χ1) is 17.5. The summed E-state index contributed by atoms with van der Waals surface area (Å²) in [6.45, 7) is 3.75. The van der Waals surface area contributed by atoms with Gasteiger partial charge in [0.2, 0.25) is 5.95 Å². The summed E-state index contributed by atoms with van der Waals surface area (Å²) in [5, 5.41) is 6.81. The van der Waals surface area contributed by atoms with Crippen LogP contribution in [0, 0.1) is 0 Å². The van der Waals surface area contributed by atoms with Gasteiger partial charge < -0.3 is 14.2 Å². The van der Waals surface area contributed by atoms with E-state index >= 15 is 0 Å². The van der Waals surface area contributed by atoms with Gasteiger partial charge in [0.15, 0.2) is 11.5 Å². The van der Waals surface area contributed by atoms with Crippen LogP contribution in [0.25, 0.3) is 32.0 Å². The van der Waals surface area contributed by atoms with E-state index in [0.29, 0.717) is 12.8 Å². The van der Waals surface area contributed by atoms with Gasteiger partial charge in [-0.3, -0.25) is 14.2 Å². The van der Waals surface area contributed by atoms with Gasteiger partial charge in [-0.05, 0) is 34.1 Å². The number of hydrogen-bond donors (Lipinski definition) is 0. The van der Waals surface area contributed by atoms with E-state index < -0.39 is 6.10 Å². The third-order valence-electron chi connectivity index (χ3n) is 4.99. The Balaban J connectivity index is 2.10. The van der Waals surface area contributed by atoms with Gasteiger partial charge in [-0.1, -0.05) is 39.5 Å². The lowest BCUT2D eigenvalue weighted by Crippen LogP contribution is -2.29. The standard InChI is InChI=1S/C21H30N10O5/c1-3-5-7-9-16(32)34-11-15(12-35-17(33)10-8-6-4-2)36-14-31-13-24-18-19(27-29-22)25-21(28-30-23)26-20(18)31/h13,15H,3-12,14H2,1-2H3. The van der Waals surface area contributed by atoms with Gasteiger partial charge in [0.25, 0.3) is 0 Å². The van der Waals surface area contributed by atoms with Crippen LogP contribution in [0.3, 0.4) is 0 Å². The lowest BCUT2D eigenvalue weighted by atomic mass is 10.2. The first-order valence-electron chi connectivity index (χ1n) is 11.8. The SMILES string of the molecule is CCCCCC(=O)OCC(COC(=O)CCCCC)OCn1cnc2c(N=[N+]=[N-])nc(N=[N+]=[N-])nc21. The Morgan fingerprint density at radius 1 is 0.972 bits per heavy atom. The van der Waals surface area contributed by atoms with Crippen LogP contribution in [-0.2, 0) is 30.5 Å². The molecule has 15 heteroatoms. The van der Waals surface area contributed by atoms with Crippen LogP contribution in [0.2, 0.25) is 0 Å². The monoisotopic (exact) mass is 502 g/mol. The molecule has 0 aliphatic carbocycles. The Labute approximate surface area is 207 Å². The molecular formula is C21H30N10O5. The smallest absolute Gasteiger partial charge is 0.305 e. The summed E-state index contributed by atoms with van der Waals surface area (Å²) in [7, 11) is 0. The molecule has 0 atom stereocenters. The number of imidazole rings is 1. The first kappa shape index (κ1) is 28.3. The Morgan fingerprint density at radius 3 is 2.14 bits per heavy atom. The molecule has 0 amide bonds. The minimum atomic E-state index is -0.747. The normalized spacial score (nSPS) is 10.6. The molecular weight excluding hydrogens is 472 g/mol. The molecule has 0 bridgehead atoms. The lowest BCUT2D eigenvalue weighted by molar-refractivity contribution is -0.157. The Kier molecular flexibility index (Phi) is 12.5. The highest BCUT2D eigenvalue weighted by molar-refractivity contribution is 5.82. The lowest BCUT2D eigenvalue weighted by Gasteiger charge is -2.18. The van der Waals surface area contributed by atoms with E-state index in [2.05, 4.69) is 35.0 Å². The highest BCUT2D eigenvalue weighted by atomic mass is 16.6. The van der Waals surface area contributed by atoms with Crippen LogP contribution < -0.4 is 0 Å². The molecule has 0 fully saturated rings. The van der Waals surface area contributed by atoms with E-state index in [1.807, 2.05) is 13.8 Å². The molecule has 0 N–H and O–H groups in total. The van der Waals surface area contributed by atoms with E-state index in [9.17, 15) is 9.59 Å². The van der Waals surface area contributed by atoms with Crippen LogP contribution in [0.15, 0.2) is 16.6 Å². The fourth-order valence-corrected chi connectivity index (χ4v) is 3.09. The zero-order valence-corrected chi connectivity index (χ0v) is 20.4. The number of rotatable bonds is 17. The molecule has 0 aromatic carbocycles. The fourth-order valence-electron chi connectivity index (χ4n) is 3.09. The number of esters is 2. The minimum absolute atomic E-state index is 0.108. The second kappa shape index (κ2) is 15.9. The highest BCUT2D eigenvalue weighted by Crippen LogP contribution is 2.24. The molecule has 2 rings (SSSR count). The Bertz CT molecular complexity index is 1080. The molecule has 0 unspecified atom stereocenters. The van der Waals surface area contributed by atoms with Crippen molar-refractivity contribution in [2.75, 3.05) is 13.2 Å². The largest absolute Gasteiger partial charge is 0.463 e. The molecule has 15 nitrogen and oxygen atoms in total. The Morgan fingerprint density at radius 2 is 1.58 bits per heavy atom. The molecule has 36 heavy (non-hydrogen) atoms. The number of azide groups is 2. The predicted octanol–water partition coefficient (Wildman–Crippen LogP) is 5.30. The van der Waals surface area contributed by atoms with Crippen LogP contribution in [-0.4, -0.2) is 50.8 Å². The number of hydrogen-bond acceptors (Lipinski definition) is 10. The third-order valence-corrected chi connectivity index (χ3v) is 4.99. The summed E-state index contributed by atoms with van der Waals surface area (Å²) >= 11 is 0. The minimum Gasteiger partial charge on any atom is -0.463 e. The van der Waals surface area contributed by atoms with Crippen molar-refractivity contribution in [2.24, 2.45) is 10.2 Å². The topological polar surface area (TPSA) is 203 Å². The van der Waals surface area contributed by atoms with Gasteiger partial charge in [-0.15, -0.1) is 0 Å². The van der Waals surface area contributed by atoms with Crippen molar-refractivity contribution in [3.8, 4) is 0 Å². The molecule has 0 saturated heterocycles. The number of carbonyl (C=O) groups is 2. The summed E-state index contributed by atoms with van der Waals surface area (Å²) in [6, 6.07) is 0. The average molecular weight is 503 g/mol. The highest BCUT2D eigenvalue weighted by Gasteiger charge is 2.18. The van der Waals surface area contributed by atoms with Gasteiger partial charge >= 0.3 is 11.9 Å². The van der Waals surface area contributed by atoms with Gasteiger partial charge in [0.1, 0.15) is 31.6 Å². The number of unbranched alkanes of at least 4 members (excludes halogenated alkanes) is 4. The van der Waals surface area contributed by atoms with Crippen LogP contribution >= 0.6 is 0 Å². The van der Waals surface area contributed by atoms with E-state index in [4.69, 9.17) is 25.3 Å². The van der Waals surface area contributed by atoms with Crippen molar-refractivity contribution in [1.29, 1.82) is 0 Å². The number of fused-ring (bicyclic) bond motifs is 1. The average Bonchev–Trinajstić information content (AvgIpc) is 3.27. The first-order valence-corrected chi connectivity index (χ1v) is 11.8. The van der Waals surface area contributed by atoms with Crippen molar-refractivity contribution in [3.05, 3.63) is 27.2 Å². The third kappa shape index (κ3) is 9.37. The van der Waals surface area contributed by atoms with Crippen molar-refractivity contribution in [3.63, 3.8) is 0 Å².